The number of hydrogen-bond acceptors (Lipinski definition) is 3. The molecule has 1 aromatic heterocycles. The maximum absolute atomic E-state index is 12.6. The van der Waals surface area contributed by atoms with E-state index in [1.807, 2.05) is 0 Å². The standard InChI is InChI=1S/C11H12BrF3N2O2/c1-10(2,3)19-9(18)17-7-5-4-6(12)8(16-7)11(13,14)15/h4-5H,1-3H3,(H,16,17,18). The summed E-state index contributed by atoms with van der Waals surface area (Å²) in [6.45, 7) is 4.92. The van der Waals surface area contributed by atoms with Gasteiger partial charge in [0, 0.05) is 4.47 Å². The SMILES string of the molecule is CC(C)(C)OC(=O)Nc1ccc(Br)c(C(F)(F)F)n1. The van der Waals surface area contributed by atoms with Crippen molar-refractivity contribution in [2.45, 2.75) is 32.5 Å². The van der Waals surface area contributed by atoms with E-state index in [-0.39, 0.29) is 10.3 Å². The van der Waals surface area contributed by atoms with Crippen LogP contribution in [0.2, 0.25) is 0 Å². The first-order chi connectivity index (χ1) is 8.49. The highest BCUT2D eigenvalue weighted by Gasteiger charge is 2.35. The number of nitrogens with one attached hydrogen (secondary N) is 1. The van der Waals surface area contributed by atoms with Crippen LogP contribution < -0.4 is 5.32 Å². The molecule has 0 radical (unpaired) electrons. The minimum absolute atomic E-state index is 0.199. The van der Waals surface area contributed by atoms with Crippen molar-refractivity contribution < 1.29 is 22.7 Å². The predicted molar refractivity (Wildman–Crippen MR) is 66.8 cm³/mol. The van der Waals surface area contributed by atoms with Gasteiger partial charge in [0.05, 0.1) is 0 Å². The summed E-state index contributed by atoms with van der Waals surface area (Å²) < 4.78 is 42.5. The Bertz CT molecular complexity index is 484. The van der Waals surface area contributed by atoms with Gasteiger partial charge in [0.2, 0.25) is 0 Å². The number of carbonyl (C=O) groups is 1. The van der Waals surface area contributed by atoms with Crippen LogP contribution >= 0.6 is 15.9 Å². The van der Waals surface area contributed by atoms with E-state index in [9.17, 15) is 18.0 Å². The second-order valence-corrected chi connectivity index (χ2v) is 5.51. The molecule has 0 saturated heterocycles. The van der Waals surface area contributed by atoms with E-state index in [1.165, 1.54) is 6.07 Å². The molecule has 106 valence electrons. The molecular formula is C11H12BrF3N2O2. The molecule has 0 saturated carbocycles. The zero-order valence-corrected chi connectivity index (χ0v) is 12.0. The smallest absolute Gasteiger partial charge is 0.434 e. The third-order valence-corrected chi connectivity index (χ3v) is 2.38. The zero-order chi connectivity index (χ0) is 14.8. The van der Waals surface area contributed by atoms with E-state index in [1.54, 1.807) is 20.8 Å². The maximum Gasteiger partial charge on any atom is 0.434 e. The molecule has 0 aliphatic rings. The van der Waals surface area contributed by atoms with Gasteiger partial charge >= 0.3 is 12.3 Å². The van der Waals surface area contributed by atoms with Crippen molar-refractivity contribution in [1.29, 1.82) is 0 Å². The molecule has 0 aliphatic heterocycles. The third-order valence-electron chi connectivity index (χ3n) is 1.74. The van der Waals surface area contributed by atoms with Gasteiger partial charge in [0.15, 0.2) is 5.69 Å². The third kappa shape index (κ3) is 5.06. The Balaban J connectivity index is 2.89. The maximum atomic E-state index is 12.6. The number of hydrogen-bond donors (Lipinski definition) is 1. The van der Waals surface area contributed by atoms with Crippen molar-refractivity contribution in [3.8, 4) is 0 Å². The summed E-state index contributed by atoms with van der Waals surface area (Å²) in [5.74, 6) is -0.232. The molecule has 0 unspecified atom stereocenters. The summed E-state index contributed by atoms with van der Waals surface area (Å²) in [4.78, 5) is 14.7. The number of rotatable bonds is 1. The van der Waals surface area contributed by atoms with Gasteiger partial charge in [-0.15, -0.1) is 0 Å². The lowest BCUT2D eigenvalue weighted by atomic mass is 10.2. The second kappa shape index (κ2) is 5.36. The van der Waals surface area contributed by atoms with Crippen LogP contribution in [0.3, 0.4) is 0 Å². The highest BCUT2D eigenvalue weighted by molar-refractivity contribution is 9.10. The van der Waals surface area contributed by atoms with E-state index in [0.717, 1.165) is 6.07 Å². The summed E-state index contributed by atoms with van der Waals surface area (Å²) in [5.41, 5.74) is -1.85. The van der Waals surface area contributed by atoms with Gasteiger partial charge in [-0.05, 0) is 48.8 Å². The molecule has 1 N–H and O–H groups in total. The quantitative estimate of drug-likeness (QED) is 0.833. The van der Waals surface area contributed by atoms with Crippen molar-refractivity contribution in [2.24, 2.45) is 0 Å². The van der Waals surface area contributed by atoms with Gasteiger partial charge in [-0.2, -0.15) is 13.2 Å². The van der Waals surface area contributed by atoms with Crippen LogP contribution in [0.5, 0.6) is 0 Å². The predicted octanol–water partition coefficient (Wildman–Crippen LogP) is 4.21. The summed E-state index contributed by atoms with van der Waals surface area (Å²) in [6, 6.07) is 2.39. The highest BCUT2D eigenvalue weighted by Crippen LogP contribution is 2.34. The average molecular weight is 341 g/mol. The van der Waals surface area contributed by atoms with Gasteiger partial charge in [-0.1, -0.05) is 0 Å². The van der Waals surface area contributed by atoms with Crippen molar-refractivity contribution in [1.82, 2.24) is 4.98 Å². The summed E-state index contributed by atoms with van der Waals surface area (Å²) in [7, 11) is 0. The Morgan fingerprint density at radius 3 is 2.37 bits per heavy atom. The minimum Gasteiger partial charge on any atom is -0.444 e. The van der Waals surface area contributed by atoms with Crippen molar-refractivity contribution in [2.75, 3.05) is 5.32 Å². The van der Waals surface area contributed by atoms with Crippen LogP contribution in [0.1, 0.15) is 26.5 Å². The van der Waals surface area contributed by atoms with E-state index in [0.29, 0.717) is 0 Å². The van der Waals surface area contributed by atoms with Crippen LogP contribution in [-0.2, 0) is 10.9 Å². The molecule has 1 heterocycles. The summed E-state index contributed by atoms with van der Waals surface area (Å²) in [6.07, 6.45) is -5.47. The number of pyridine rings is 1. The highest BCUT2D eigenvalue weighted by atomic mass is 79.9. The first-order valence-electron chi connectivity index (χ1n) is 5.23. The van der Waals surface area contributed by atoms with Crippen LogP contribution in [-0.4, -0.2) is 16.7 Å². The molecule has 0 aliphatic carbocycles. The summed E-state index contributed by atoms with van der Waals surface area (Å²) >= 11 is 2.75. The minimum atomic E-state index is -4.61. The average Bonchev–Trinajstić information content (AvgIpc) is 2.16. The fourth-order valence-electron chi connectivity index (χ4n) is 1.12. The monoisotopic (exact) mass is 340 g/mol. The molecule has 0 fully saturated rings. The zero-order valence-electron chi connectivity index (χ0n) is 10.4. The molecule has 8 heteroatoms. The van der Waals surface area contributed by atoms with Gasteiger partial charge in [0.1, 0.15) is 11.4 Å². The van der Waals surface area contributed by atoms with Crippen molar-refractivity contribution >= 4 is 27.8 Å². The summed E-state index contributed by atoms with van der Waals surface area (Å²) in [5, 5.41) is 2.15. The molecule has 0 spiro atoms. The van der Waals surface area contributed by atoms with Gasteiger partial charge in [-0.3, -0.25) is 5.32 Å². The lowest BCUT2D eigenvalue weighted by molar-refractivity contribution is -0.141. The molecule has 1 aromatic rings. The van der Waals surface area contributed by atoms with Crippen LogP contribution in [0.15, 0.2) is 16.6 Å². The van der Waals surface area contributed by atoms with Gasteiger partial charge < -0.3 is 4.74 Å². The fourth-order valence-corrected chi connectivity index (χ4v) is 1.56. The van der Waals surface area contributed by atoms with Crippen molar-refractivity contribution in [3.05, 3.63) is 22.3 Å². The van der Waals surface area contributed by atoms with E-state index in [2.05, 4.69) is 26.2 Å². The number of nitrogens with zero attached hydrogens (tertiary/aromatic N) is 1. The van der Waals surface area contributed by atoms with E-state index >= 15 is 0 Å². The Labute approximate surface area is 116 Å². The Kier molecular flexibility index (Phi) is 4.44. The Morgan fingerprint density at radius 1 is 1.32 bits per heavy atom. The van der Waals surface area contributed by atoms with Crippen molar-refractivity contribution in [3.63, 3.8) is 0 Å². The molecule has 1 rings (SSSR count). The number of ether oxygens (including phenoxy) is 1. The lowest BCUT2D eigenvalue weighted by Crippen LogP contribution is -2.27. The fraction of sp³-hybridized carbons (Fsp3) is 0.455. The molecule has 0 atom stereocenters. The van der Waals surface area contributed by atoms with Gasteiger partial charge in [-0.25, -0.2) is 9.78 Å². The molecule has 1 amide bonds. The first kappa shape index (κ1) is 15.7. The number of halogens is 4. The number of anilines is 1. The van der Waals surface area contributed by atoms with Crippen LogP contribution in [0.25, 0.3) is 0 Å². The largest absolute Gasteiger partial charge is 0.444 e. The Hall–Kier alpha value is -1.31. The first-order valence-corrected chi connectivity index (χ1v) is 6.02. The van der Waals surface area contributed by atoms with Crippen LogP contribution in [0.4, 0.5) is 23.8 Å². The molecule has 19 heavy (non-hydrogen) atoms. The molecule has 0 aromatic carbocycles. The van der Waals surface area contributed by atoms with Crippen LogP contribution in [0, 0.1) is 0 Å². The Morgan fingerprint density at radius 2 is 1.89 bits per heavy atom. The number of amides is 1. The lowest BCUT2D eigenvalue weighted by Gasteiger charge is -2.19. The molecular weight excluding hydrogens is 329 g/mol. The van der Waals surface area contributed by atoms with Gasteiger partial charge in [0.25, 0.3) is 0 Å². The van der Waals surface area contributed by atoms with E-state index < -0.39 is 23.6 Å². The normalized spacial score (nSPS) is 12.2. The second-order valence-electron chi connectivity index (χ2n) is 4.65. The molecule has 4 nitrogen and oxygen atoms in total. The number of carbonyl (C=O) groups excluding carboxylic acids is 1. The topological polar surface area (TPSA) is 51.2 Å². The molecule has 0 bridgehead atoms. The number of aromatic nitrogens is 1. The van der Waals surface area contributed by atoms with E-state index in [4.69, 9.17) is 4.74 Å². The number of alkyl halides is 3.